The summed E-state index contributed by atoms with van der Waals surface area (Å²) >= 11 is 0. The second-order valence-corrected chi connectivity index (χ2v) is 7.15. The summed E-state index contributed by atoms with van der Waals surface area (Å²) in [4.78, 5) is 4.21. The SMILES string of the molecule is CP(C)(=O)c1cccc2ncc(N)cc12. The molecular weight excluding hydrogens is 207 g/mol. The largest absolute Gasteiger partial charge is 0.397 e. The molecule has 78 valence electrons. The molecule has 0 aliphatic rings. The molecule has 1 aromatic carbocycles. The summed E-state index contributed by atoms with van der Waals surface area (Å²) < 4.78 is 12.1. The number of pyridine rings is 1. The minimum Gasteiger partial charge on any atom is -0.397 e. The molecule has 2 rings (SSSR count). The third kappa shape index (κ3) is 1.88. The third-order valence-electron chi connectivity index (χ3n) is 2.30. The fourth-order valence-electron chi connectivity index (χ4n) is 1.62. The van der Waals surface area contributed by atoms with Crippen molar-refractivity contribution in [1.29, 1.82) is 0 Å². The number of nitrogens with two attached hydrogens (primary N) is 1. The molecule has 0 bridgehead atoms. The average Bonchev–Trinajstić information content (AvgIpc) is 2.15. The van der Waals surface area contributed by atoms with E-state index in [-0.39, 0.29) is 0 Å². The van der Waals surface area contributed by atoms with Crippen LogP contribution in [0.3, 0.4) is 0 Å². The maximum atomic E-state index is 12.1. The molecule has 0 radical (unpaired) electrons. The molecule has 0 aliphatic carbocycles. The molecule has 0 aliphatic heterocycles. The molecule has 3 nitrogen and oxygen atoms in total. The van der Waals surface area contributed by atoms with Gasteiger partial charge in [-0.15, -0.1) is 0 Å². The molecule has 0 saturated carbocycles. The number of aromatic nitrogens is 1. The van der Waals surface area contributed by atoms with Gasteiger partial charge in [0, 0.05) is 10.7 Å². The van der Waals surface area contributed by atoms with Gasteiger partial charge in [0.05, 0.1) is 17.4 Å². The average molecular weight is 220 g/mol. The quantitative estimate of drug-likeness (QED) is 0.748. The minimum absolute atomic E-state index is 0.600. The first-order chi connectivity index (χ1) is 6.98. The highest BCUT2D eigenvalue weighted by Crippen LogP contribution is 2.37. The Labute approximate surface area is 88.7 Å². The van der Waals surface area contributed by atoms with E-state index in [9.17, 15) is 4.57 Å². The van der Waals surface area contributed by atoms with Gasteiger partial charge in [0.15, 0.2) is 0 Å². The van der Waals surface area contributed by atoms with E-state index < -0.39 is 7.14 Å². The highest BCUT2D eigenvalue weighted by molar-refractivity contribution is 7.70. The molecule has 1 heterocycles. The number of anilines is 1. The van der Waals surface area contributed by atoms with E-state index in [4.69, 9.17) is 5.73 Å². The van der Waals surface area contributed by atoms with Crippen LogP contribution in [0.1, 0.15) is 0 Å². The Kier molecular flexibility index (Phi) is 2.28. The predicted molar refractivity (Wildman–Crippen MR) is 65.2 cm³/mol. The summed E-state index contributed by atoms with van der Waals surface area (Å²) in [6.45, 7) is 3.51. The summed E-state index contributed by atoms with van der Waals surface area (Å²) in [6.07, 6.45) is 1.61. The molecule has 0 atom stereocenters. The zero-order valence-electron chi connectivity index (χ0n) is 8.77. The number of nitrogen functional groups attached to an aromatic ring is 1. The molecular formula is C11H13N2OP. The van der Waals surface area contributed by atoms with Gasteiger partial charge in [-0.25, -0.2) is 0 Å². The Hall–Kier alpha value is -1.34. The van der Waals surface area contributed by atoms with Gasteiger partial charge in [0.2, 0.25) is 0 Å². The third-order valence-corrected chi connectivity index (χ3v) is 3.85. The fourth-order valence-corrected chi connectivity index (χ4v) is 2.82. The van der Waals surface area contributed by atoms with Crippen LogP contribution in [0.4, 0.5) is 5.69 Å². The first kappa shape index (κ1) is 10.2. The molecule has 1 aromatic heterocycles. The lowest BCUT2D eigenvalue weighted by atomic mass is 10.2. The maximum absolute atomic E-state index is 12.1. The van der Waals surface area contributed by atoms with Crippen molar-refractivity contribution < 1.29 is 4.57 Å². The first-order valence-corrected chi connectivity index (χ1v) is 7.28. The van der Waals surface area contributed by atoms with Gasteiger partial charge in [-0.1, -0.05) is 12.1 Å². The molecule has 0 fully saturated rings. The number of fused-ring (bicyclic) bond motifs is 1. The predicted octanol–water partition coefficient (Wildman–Crippen LogP) is 2.06. The summed E-state index contributed by atoms with van der Waals surface area (Å²) in [7, 11) is -2.28. The van der Waals surface area contributed by atoms with Crippen LogP contribution in [0.25, 0.3) is 10.9 Å². The first-order valence-electron chi connectivity index (χ1n) is 4.68. The number of hydrogen-bond donors (Lipinski definition) is 1. The summed E-state index contributed by atoms with van der Waals surface area (Å²) in [5, 5.41) is 1.74. The van der Waals surface area contributed by atoms with Gasteiger partial charge in [-0.05, 0) is 25.5 Å². The minimum atomic E-state index is -2.28. The Morgan fingerprint density at radius 3 is 2.73 bits per heavy atom. The van der Waals surface area contributed by atoms with Gasteiger partial charge in [0.1, 0.15) is 7.14 Å². The molecule has 0 spiro atoms. The van der Waals surface area contributed by atoms with Gasteiger partial charge in [-0.3, -0.25) is 4.98 Å². The van der Waals surface area contributed by atoms with E-state index in [2.05, 4.69) is 4.98 Å². The van der Waals surface area contributed by atoms with Crippen LogP contribution in [0.2, 0.25) is 0 Å². The van der Waals surface area contributed by atoms with Crippen molar-refractivity contribution >= 4 is 29.0 Å². The zero-order chi connectivity index (χ0) is 11.1. The van der Waals surface area contributed by atoms with Gasteiger partial charge < -0.3 is 10.3 Å². The molecule has 0 unspecified atom stereocenters. The van der Waals surface area contributed by atoms with Crippen LogP contribution in [0.15, 0.2) is 30.5 Å². The Morgan fingerprint density at radius 2 is 2.07 bits per heavy atom. The second-order valence-electron chi connectivity index (χ2n) is 3.96. The summed E-state index contributed by atoms with van der Waals surface area (Å²) in [6, 6.07) is 7.48. The van der Waals surface area contributed by atoms with Crippen LogP contribution in [0.5, 0.6) is 0 Å². The van der Waals surface area contributed by atoms with Crippen molar-refractivity contribution in [2.45, 2.75) is 0 Å². The van der Waals surface area contributed by atoms with Crippen LogP contribution in [-0.4, -0.2) is 18.3 Å². The topological polar surface area (TPSA) is 56.0 Å². The van der Waals surface area contributed by atoms with Crippen LogP contribution in [0, 0.1) is 0 Å². The summed E-state index contributed by atoms with van der Waals surface area (Å²) in [5.74, 6) is 0. The van der Waals surface area contributed by atoms with Crippen molar-refractivity contribution in [1.82, 2.24) is 4.98 Å². The monoisotopic (exact) mass is 220 g/mol. The van der Waals surface area contributed by atoms with E-state index in [0.29, 0.717) is 5.69 Å². The maximum Gasteiger partial charge on any atom is 0.110 e. The lowest BCUT2D eigenvalue weighted by Crippen LogP contribution is -2.05. The number of rotatable bonds is 1. The Morgan fingerprint density at radius 1 is 1.33 bits per heavy atom. The number of hydrogen-bond acceptors (Lipinski definition) is 3. The lowest BCUT2D eigenvalue weighted by Gasteiger charge is -2.10. The molecule has 0 saturated heterocycles. The molecule has 2 aromatic rings. The Balaban J connectivity index is 2.86. The van der Waals surface area contributed by atoms with E-state index >= 15 is 0 Å². The zero-order valence-corrected chi connectivity index (χ0v) is 9.66. The van der Waals surface area contributed by atoms with Crippen LogP contribution < -0.4 is 11.0 Å². The smallest absolute Gasteiger partial charge is 0.110 e. The van der Waals surface area contributed by atoms with Crippen LogP contribution >= 0.6 is 7.14 Å². The van der Waals surface area contributed by atoms with Crippen molar-refractivity contribution in [3.63, 3.8) is 0 Å². The van der Waals surface area contributed by atoms with Crippen molar-refractivity contribution in [2.75, 3.05) is 19.1 Å². The lowest BCUT2D eigenvalue weighted by molar-refractivity contribution is 0.588. The van der Waals surface area contributed by atoms with E-state index in [1.54, 1.807) is 19.5 Å². The summed E-state index contributed by atoms with van der Waals surface area (Å²) in [5.41, 5.74) is 7.12. The van der Waals surface area contributed by atoms with Crippen molar-refractivity contribution in [3.05, 3.63) is 30.5 Å². The van der Waals surface area contributed by atoms with Crippen molar-refractivity contribution in [3.8, 4) is 0 Å². The normalized spacial score (nSPS) is 11.9. The number of benzene rings is 1. The van der Waals surface area contributed by atoms with Crippen LogP contribution in [-0.2, 0) is 4.57 Å². The molecule has 15 heavy (non-hydrogen) atoms. The molecule has 2 N–H and O–H groups in total. The molecule has 4 heteroatoms. The standard InChI is InChI=1S/C11H13N2OP/c1-15(2,14)11-5-3-4-10-9(11)6-8(12)7-13-10/h3-7H,12H2,1-2H3. The van der Waals surface area contributed by atoms with E-state index in [0.717, 1.165) is 16.2 Å². The highest BCUT2D eigenvalue weighted by Gasteiger charge is 2.14. The molecule has 0 amide bonds. The van der Waals surface area contributed by atoms with Gasteiger partial charge in [0.25, 0.3) is 0 Å². The highest BCUT2D eigenvalue weighted by atomic mass is 31.2. The van der Waals surface area contributed by atoms with Gasteiger partial charge in [-0.2, -0.15) is 0 Å². The fraction of sp³-hybridized carbons (Fsp3) is 0.182. The van der Waals surface area contributed by atoms with E-state index in [1.807, 2.05) is 24.3 Å². The second kappa shape index (κ2) is 3.35. The number of nitrogens with zero attached hydrogens (tertiary/aromatic N) is 1. The van der Waals surface area contributed by atoms with Gasteiger partial charge >= 0.3 is 0 Å². The Bertz CT molecular complexity index is 560. The van der Waals surface area contributed by atoms with E-state index in [1.165, 1.54) is 0 Å². The van der Waals surface area contributed by atoms with Crippen molar-refractivity contribution in [2.24, 2.45) is 0 Å².